The number of carbonyl (C=O) groups is 4. The molecule has 0 radical (unpaired) electrons. The van der Waals surface area contributed by atoms with Crippen LogP contribution in [0, 0.1) is 6.92 Å². The van der Waals surface area contributed by atoms with Gasteiger partial charge in [0.2, 0.25) is 11.8 Å². The largest absolute Gasteiger partial charge is 0.466 e. The quantitative estimate of drug-likeness (QED) is 0.363. The molecule has 0 spiro atoms. The molecule has 9 nitrogen and oxygen atoms in total. The van der Waals surface area contributed by atoms with Crippen molar-refractivity contribution in [2.24, 2.45) is 0 Å². The van der Waals surface area contributed by atoms with E-state index in [1.165, 1.54) is 0 Å². The normalized spacial score (nSPS) is 14.7. The Morgan fingerprint density at radius 3 is 2.24 bits per heavy atom. The lowest BCUT2D eigenvalue weighted by molar-refractivity contribution is -0.148. The minimum atomic E-state index is -0.966. The first-order chi connectivity index (χ1) is 19.5. The predicted molar refractivity (Wildman–Crippen MR) is 156 cm³/mol. The average Bonchev–Trinajstić information content (AvgIpc) is 2.87. The van der Waals surface area contributed by atoms with Gasteiger partial charge in [-0.2, -0.15) is 0 Å². The smallest absolute Gasteiger partial charge is 0.408 e. The van der Waals surface area contributed by atoms with Crippen molar-refractivity contribution in [3.63, 3.8) is 0 Å². The van der Waals surface area contributed by atoms with Crippen LogP contribution in [0.5, 0.6) is 0 Å². The lowest BCUT2D eigenvalue weighted by atomic mass is 9.87. The van der Waals surface area contributed by atoms with Crippen LogP contribution in [0.4, 0.5) is 4.79 Å². The van der Waals surface area contributed by atoms with Crippen LogP contribution >= 0.6 is 0 Å². The molecule has 3 rings (SSSR count). The first-order valence-electron chi connectivity index (χ1n) is 14.3. The van der Waals surface area contributed by atoms with Crippen LogP contribution in [0.15, 0.2) is 54.6 Å². The highest BCUT2D eigenvalue weighted by atomic mass is 16.6. The molecule has 1 saturated carbocycles. The lowest BCUT2D eigenvalue weighted by Gasteiger charge is -2.44. The zero-order valence-corrected chi connectivity index (χ0v) is 24.8. The molecule has 2 unspecified atom stereocenters. The van der Waals surface area contributed by atoms with Gasteiger partial charge in [0.05, 0.1) is 13.0 Å². The molecule has 2 aromatic rings. The highest BCUT2D eigenvalue weighted by Gasteiger charge is 2.42. The van der Waals surface area contributed by atoms with E-state index in [9.17, 15) is 19.2 Å². The summed E-state index contributed by atoms with van der Waals surface area (Å²) < 4.78 is 10.5. The van der Waals surface area contributed by atoms with E-state index in [0.29, 0.717) is 5.56 Å². The topological polar surface area (TPSA) is 114 Å². The zero-order chi connectivity index (χ0) is 30.0. The second kappa shape index (κ2) is 14.7. The van der Waals surface area contributed by atoms with Gasteiger partial charge < -0.3 is 25.0 Å². The van der Waals surface area contributed by atoms with Crippen molar-refractivity contribution in [3.8, 4) is 0 Å². The molecule has 0 heterocycles. The first-order valence-corrected chi connectivity index (χ1v) is 14.3. The van der Waals surface area contributed by atoms with Crippen LogP contribution in [-0.4, -0.2) is 59.6 Å². The molecule has 0 saturated heterocycles. The van der Waals surface area contributed by atoms with E-state index in [1.807, 2.05) is 61.5 Å². The molecule has 1 aliphatic rings. The van der Waals surface area contributed by atoms with Gasteiger partial charge in [-0.05, 0) is 70.6 Å². The third-order valence-electron chi connectivity index (χ3n) is 6.94. The van der Waals surface area contributed by atoms with Gasteiger partial charge >= 0.3 is 12.1 Å². The molecule has 9 heteroatoms. The molecule has 41 heavy (non-hydrogen) atoms. The number of hydrogen-bond acceptors (Lipinski definition) is 6. The summed E-state index contributed by atoms with van der Waals surface area (Å²) in [5, 5.41) is 5.64. The van der Waals surface area contributed by atoms with Crippen molar-refractivity contribution in [2.75, 3.05) is 13.2 Å². The number of benzene rings is 2. The summed E-state index contributed by atoms with van der Waals surface area (Å²) in [6, 6.07) is 14.8. The van der Waals surface area contributed by atoms with Crippen molar-refractivity contribution in [1.82, 2.24) is 15.5 Å². The summed E-state index contributed by atoms with van der Waals surface area (Å²) >= 11 is 0. The third kappa shape index (κ3) is 9.33. The molecule has 1 fully saturated rings. The van der Waals surface area contributed by atoms with E-state index in [1.54, 1.807) is 32.6 Å². The highest BCUT2D eigenvalue weighted by molar-refractivity contribution is 5.93. The fourth-order valence-corrected chi connectivity index (χ4v) is 4.79. The van der Waals surface area contributed by atoms with Gasteiger partial charge in [0.15, 0.2) is 0 Å². The Kier molecular flexibility index (Phi) is 11.3. The van der Waals surface area contributed by atoms with Gasteiger partial charge in [0.1, 0.15) is 17.7 Å². The number of alkyl carbamates (subject to hydrolysis) is 1. The number of amides is 3. The summed E-state index contributed by atoms with van der Waals surface area (Å²) in [6.07, 6.45) is 1.97. The van der Waals surface area contributed by atoms with E-state index >= 15 is 0 Å². The average molecular weight is 566 g/mol. The third-order valence-corrected chi connectivity index (χ3v) is 6.94. The summed E-state index contributed by atoms with van der Waals surface area (Å²) in [5.74, 6) is -1.16. The van der Waals surface area contributed by atoms with E-state index in [2.05, 4.69) is 10.6 Å². The molecule has 1 aliphatic carbocycles. The van der Waals surface area contributed by atoms with Crippen molar-refractivity contribution in [2.45, 2.75) is 90.4 Å². The van der Waals surface area contributed by atoms with E-state index in [0.717, 1.165) is 30.4 Å². The van der Waals surface area contributed by atoms with Gasteiger partial charge in [-0.3, -0.25) is 14.4 Å². The molecule has 2 atom stereocenters. The Morgan fingerprint density at radius 1 is 1.00 bits per heavy atom. The van der Waals surface area contributed by atoms with Crippen LogP contribution in [0.1, 0.15) is 76.1 Å². The number of ether oxygens (including phenoxy) is 2. The lowest BCUT2D eigenvalue weighted by Crippen LogP contribution is -2.58. The van der Waals surface area contributed by atoms with Crippen molar-refractivity contribution in [3.05, 3.63) is 71.3 Å². The van der Waals surface area contributed by atoms with Crippen molar-refractivity contribution >= 4 is 23.9 Å². The molecule has 3 amide bonds. The first kappa shape index (κ1) is 31.6. The molecular formula is C32H43N3O6. The van der Waals surface area contributed by atoms with Crippen LogP contribution in [-0.2, 0) is 30.3 Å². The molecule has 2 aromatic carbocycles. The van der Waals surface area contributed by atoms with E-state index in [4.69, 9.17) is 9.47 Å². The highest BCUT2D eigenvalue weighted by Crippen LogP contribution is 2.35. The van der Waals surface area contributed by atoms with Gasteiger partial charge in [-0.25, -0.2) is 4.79 Å². The van der Waals surface area contributed by atoms with Crippen LogP contribution in [0.2, 0.25) is 0 Å². The fourth-order valence-electron chi connectivity index (χ4n) is 4.79. The molecule has 2 N–H and O–H groups in total. The number of nitrogens with zero attached hydrogens (tertiary/aromatic N) is 1. The number of carbonyl (C=O) groups excluding carboxylic acids is 4. The summed E-state index contributed by atoms with van der Waals surface area (Å²) in [7, 11) is 0. The SMILES string of the molecule is CCOC(=O)CCNC(=O)C(c1ccccc1C)N(C(=O)C(Cc1ccccc1)NC(=O)OC(C)(C)C)C1CCC1. The van der Waals surface area contributed by atoms with Crippen LogP contribution in [0.3, 0.4) is 0 Å². The number of rotatable bonds is 12. The van der Waals surface area contributed by atoms with E-state index < -0.39 is 29.7 Å². The van der Waals surface area contributed by atoms with Gasteiger partial charge in [-0.15, -0.1) is 0 Å². The van der Waals surface area contributed by atoms with Gasteiger partial charge in [-0.1, -0.05) is 54.6 Å². The maximum absolute atomic E-state index is 14.5. The molecule has 0 aromatic heterocycles. The zero-order valence-electron chi connectivity index (χ0n) is 24.8. The maximum Gasteiger partial charge on any atom is 0.408 e. The fraction of sp³-hybridized carbons (Fsp3) is 0.500. The Hall–Kier alpha value is -3.88. The minimum Gasteiger partial charge on any atom is -0.466 e. The van der Waals surface area contributed by atoms with Gasteiger partial charge in [0.25, 0.3) is 0 Å². The standard InChI is InChI=1S/C32H43N3O6/c1-6-40-27(36)19-20-33-29(37)28(25-18-11-10-13-22(25)2)35(24-16-12-17-24)30(38)26(21-23-14-8-7-9-15-23)34-31(39)41-32(3,4)5/h7-11,13-15,18,24,26,28H,6,12,16-17,19-21H2,1-5H3,(H,33,37)(H,34,39). The van der Waals surface area contributed by atoms with Crippen LogP contribution in [0.25, 0.3) is 0 Å². The monoisotopic (exact) mass is 565 g/mol. The molecule has 222 valence electrons. The predicted octanol–water partition coefficient (Wildman–Crippen LogP) is 4.62. The van der Waals surface area contributed by atoms with Crippen LogP contribution < -0.4 is 10.6 Å². The Balaban J connectivity index is 1.98. The maximum atomic E-state index is 14.5. The van der Waals surface area contributed by atoms with Crippen molar-refractivity contribution < 1.29 is 28.7 Å². The number of hydrogen-bond donors (Lipinski definition) is 2. The number of aryl methyl sites for hydroxylation is 1. The van der Waals surface area contributed by atoms with Crippen molar-refractivity contribution in [1.29, 1.82) is 0 Å². The molecular weight excluding hydrogens is 522 g/mol. The molecule has 0 bridgehead atoms. The molecule has 0 aliphatic heterocycles. The van der Waals surface area contributed by atoms with Gasteiger partial charge in [0, 0.05) is 19.0 Å². The van der Waals surface area contributed by atoms with E-state index in [-0.39, 0.29) is 43.8 Å². The Morgan fingerprint density at radius 2 is 1.66 bits per heavy atom. The number of nitrogens with one attached hydrogen (secondary N) is 2. The number of esters is 1. The Labute approximate surface area is 243 Å². The summed E-state index contributed by atoms with van der Waals surface area (Å²) in [5.41, 5.74) is 1.66. The summed E-state index contributed by atoms with van der Waals surface area (Å²) in [6.45, 7) is 9.25. The minimum absolute atomic E-state index is 0.0221. The Bertz CT molecular complexity index is 1190. The second-order valence-electron chi connectivity index (χ2n) is 11.3. The second-order valence-corrected chi connectivity index (χ2v) is 11.3. The summed E-state index contributed by atoms with van der Waals surface area (Å²) in [4.78, 5) is 54.8.